The van der Waals surface area contributed by atoms with Gasteiger partial charge in [0.2, 0.25) is 0 Å². The van der Waals surface area contributed by atoms with Gasteiger partial charge in [-0.1, -0.05) is 0 Å². The second kappa shape index (κ2) is 5.93. The van der Waals surface area contributed by atoms with E-state index >= 15 is 0 Å². The fourth-order valence-electron chi connectivity index (χ4n) is 2.38. The Labute approximate surface area is 130 Å². The summed E-state index contributed by atoms with van der Waals surface area (Å²) in [6.45, 7) is 7.90. The predicted molar refractivity (Wildman–Crippen MR) is 85.8 cm³/mol. The lowest BCUT2D eigenvalue weighted by atomic mass is 10.1. The molecule has 0 radical (unpaired) electrons. The fourth-order valence-corrected chi connectivity index (χ4v) is 2.38. The Bertz CT molecular complexity index is 681. The Kier molecular flexibility index (Phi) is 4.37. The molecular formula is C17H22FN3O. The molecule has 0 unspecified atom stereocenters. The third-order valence-corrected chi connectivity index (χ3v) is 3.47. The third-order valence-electron chi connectivity index (χ3n) is 3.47. The number of aryl methyl sites for hydroxylation is 1. The van der Waals surface area contributed by atoms with Crippen molar-refractivity contribution in [2.45, 2.75) is 33.2 Å². The zero-order valence-corrected chi connectivity index (χ0v) is 13.4. The van der Waals surface area contributed by atoms with Crippen LogP contribution in [-0.4, -0.2) is 22.6 Å². The number of nitrogens with zero attached hydrogens (tertiary/aromatic N) is 1. The Morgan fingerprint density at radius 3 is 2.41 bits per heavy atom. The summed E-state index contributed by atoms with van der Waals surface area (Å²) >= 11 is 0. The smallest absolute Gasteiger partial charge is 0.253 e. The van der Waals surface area contributed by atoms with Crippen molar-refractivity contribution in [3.05, 3.63) is 53.1 Å². The predicted octanol–water partition coefficient (Wildman–Crippen LogP) is 2.70. The third kappa shape index (κ3) is 3.54. The van der Waals surface area contributed by atoms with Crippen LogP contribution in [0.1, 0.15) is 35.6 Å². The minimum Gasteiger partial charge on any atom is -0.350 e. The van der Waals surface area contributed by atoms with Crippen molar-refractivity contribution in [1.82, 2.24) is 9.88 Å². The summed E-state index contributed by atoms with van der Waals surface area (Å²) in [5.41, 5.74) is 8.59. The Balaban J connectivity index is 2.31. The van der Waals surface area contributed by atoms with Crippen LogP contribution in [0.15, 0.2) is 30.3 Å². The molecule has 5 heteroatoms. The Morgan fingerprint density at radius 2 is 1.86 bits per heavy atom. The van der Waals surface area contributed by atoms with Gasteiger partial charge in [-0.15, -0.1) is 0 Å². The van der Waals surface area contributed by atoms with Crippen molar-refractivity contribution in [2.24, 2.45) is 5.73 Å². The number of aromatic nitrogens is 1. The maximum absolute atomic E-state index is 13.1. The lowest BCUT2D eigenvalue weighted by molar-refractivity contribution is 0.0945. The van der Waals surface area contributed by atoms with Crippen LogP contribution < -0.4 is 11.1 Å². The lowest BCUT2D eigenvalue weighted by Gasteiger charge is -2.18. The number of nitrogens with two attached hydrogens (primary N) is 1. The number of hydrogen-bond donors (Lipinski definition) is 2. The maximum atomic E-state index is 13.1. The summed E-state index contributed by atoms with van der Waals surface area (Å²) in [5.74, 6) is -0.436. The highest BCUT2D eigenvalue weighted by molar-refractivity contribution is 5.96. The molecule has 2 rings (SSSR count). The number of rotatable bonds is 4. The van der Waals surface area contributed by atoms with Crippen LogP contribution in [0.5, 0.6) is 0 Å². The zero-order valence-electron chi connectivity index (χ0n) is 13.4. The van der Waals surface area contributed by atoms with Crippen LogP contribution in [0.4, 0.5) is 4.39 Å². The monoisotopic (exact) mass is 303 g/mol. The van der Waals surface area contributed by atoms with E-state index in [-0.39, 0.29) is 11.7 Å². The minimum absolute atomic E-state index is 0.153. The molecule has 0 spiro atoms. The molecule has 0 aliphatic carbocycles. The van der Waals surface area contributed by atoms with Gasteiger partial charge in [-0.3, -0.25) is 4.79 Å². The maximum Gasteiger partial charge on any atom is 0.253 e. The van der Waals surface area contributed by atoms with E-state index in [0.29, 0.717) is 12.1 Å². The summed E-state index contributed by atoms with van der Waals surface area (Å²) in [6.07, 6.45) is 0. The molecule has 0 bridgehead atoms. The number of carbonyl (C=O) groups is 1. The minimum atomic E-state index is -0.460. The van der Waals surface area contributed by atoms with Gasteiger partial charge >= 0.3 is 0 Å². The average molecular weight is 303 g/mol. The molecule has 2 aromatic rings. The van der Waals surface area contributed by atoms with Gasteiger partial charge < -0.3 is 15.6 Å². The Morgan fingerprint density at radius 1 is 1.27 bits per heavy atom. The number of halogens is 1. The van der Waals surface area contributed by atoms with Crippen LogP contribution in [0.3, 0.4) is 0 Å². The largest absolute Gasteiger partial charge is 0.350 e. The topological polar surface area (TPSA) is 60.1 Å². The fraction of sp³-hybridized carbons (Fsp3) is 0.353. The van der Waals surface area contributed by atoms with Crippen molar-refractivity contribution >= 4 is 5.91 Å². The molecule has 1 amide bonds. The molecule has 0 atom stereocenters. The number of carbonyl (C=O) groups excluding carboxylic acids is 1. The first-order valence-corrected chi connectivity index (χ1v) is 7.21. The molecule has 1 aromatic carbocycles. The Hall–Kier alpha value is -2.14. The van der Waals surface area contributed by atoms with Gasteiger partial charge in [0.25, 0.3) is 5.91 Å². The molecule has 0 aliphatic heterocycles. The van der Waals surface area contributed by atoms with E-state index in [1.54, 1.807) is 12.1 Å². The van der Waals surface area contributed by atoms with Crippen LogP contribution >= 0.6 is 0 Å². The van der Waals surface area contributed by atoms with Gasteiger partial charge in [-0.2, -0.15) is 0 Å². The molecule has 0 saturated carbocycles. The molecule has 118 valence electrons. The molecule has 1 aromatic heterocycles. The van der Waals surface area contributed by atoms with Gasteiger partial charge in [0.05, 0.1) is 5.56 Å². The molecule has 3 N–H and O–H groups in total. The van der Waals surface area contributed by atoms with Crippen molar-refractivity contribution < 1.29 is 9.18 Å². The second-order valence-corrected chi connectivity index (χ2v) is 6.27. The molecule has 22 heavy (non-hydrogen) atoms. The summed E-state index contributed by atoms with van der Waals surface area (Å²) in [7, 11) is 0. The van der Waals surface area contributed by atoms with E-state index < -0.39 is 5.54 Å². The van der Waals surface area contributed by atoms with Gasteiger partial charge in [0, 0.05) is 29.2 Å². The van der Waals surface area contributed by atoms with E-state index in [9.17, 15) is 9.18 Å². The normalized spacial score (nSPS) is 11.5. The van der Waals surface area contributed by atoms with E-state index in [0.717, 1.165) is 17.1 Å². The van der Waals surface area contributed by atoms with Crippen LogP contribution in [-0.2, 0) is 0 Å². The molecule has 0 aliphatic rings. The van der Waals surface area contributed by atoms with E-state index in [1.165, 1.54) is 12.1 Å². The highest BCUT2D eigenvalue weighted by Crippen LogP contribution is 2.21. The number of benzene rings is 1. The van der Waals surface area contributed by atoms with Crippen LogP contribution in [0, 0.1) is 19.7 Å². The molecule has 0 saturated heterocycles. The van der Waals surface area contributed by atoms with Crippen molar-refractivity contribution in [1.29, 1.82) is 0 Å². The summed E-state index contributed by atoms with van der Waals surface area (Å²) in [6, 6.07) is 8.04. The van der Waals surface area contributed by atoms with Crippen molar-refractivity contribution in [2.75, 3.05) is 6.54 Å². The zero-order chi connectivity index (χ0) is 16.5. The summed E-state index contributed by atoms with van der Waals surface area (Å²) in [4.78, 5) is 12.3. The van der Waals surface area contributed by atoms with Crippen LogP contribution in [0.25, 0.3) is 5.69 Å². The number of nitrogens with one attached hydrogen (secondary N) is 1. The average Bonchev–Trinajstić information content (AvgIpc) is 2.72. The SMILES string of the molecule is Cc1cc(C(=O)NCC(C)(C)N)c(C)n1-c1ccc(F)cc1. The van der Waals surface area contributed by atoms with Gasteiger partial charge in [0.1, 0.15) is 5.82 Å². The highest BCUT2D eigenvalue weighted by atomic mass is 19.1. The molecule has 0 fully saturated rings. The van der Waals surface area contributed by atoms with Crippen molar-refractivity contribution in [3.63, 3.8) is 0 Å². The first kappa shape index (κ1) is 16.2. The standard InChI is InChI=1S/C17H22FN3O/c1-11-9-15(16(22)20-10-17(3,4)19)12(2)21(11)14-7-5-13(18)6-8-14/h5-9H,10,19H2,1-4H3,(H,20,22). The van der Waals surface area contributed by atoms with Crippen molar-refractivity contribution in [3.8, 4) is 5.69 Å². The molecular weight excluding hydrogens is 281 g/mol. The summed E-state index contributed by atoms with van der Waals surface area (Å²) < 4.78 is 15.0. The number of hydrogen-bond acceptors (Lipinski definition) is 2. The molecule has 1 heterocycles. The van der Waals surface area contributed by atoms with Gasteiger partial charge in [-0.05, 0) is 58.0 Å². The van der Waals surface area contributed by atoms with Crippen LogP contribution in [0.2, 0.25) is 0 Å². The first-order chi connectivity index (χ1) is 10.2. The number of amides is 1. The second-order valence-electron chi connectivity index (χ2n) is 6.27. The molecule has 4 nitrogen and oxygen atoms in total. The lowest BCUT2D eigenvalue weighted by Crippen LogP contribution is -2.45. The van der Waals surface area contributed by atoms with E-state index in [4.69, 9.17) is 5.73 Å². The van der Waals surface area contributed by atoms with E-state index in [2.05, 4.69) is 5.32 Å². The van der Waals surface area contributed by atoms with Gasteiger partial charge in [0.15, 0.2) is 0 Å². The van der Waals surface area contributed by atoms with Gasteiger partial charge in [-0.25, -0.2) is 4.39 Å². The first-order valence-electron chi connectivity index (χ1n) is 7.21. The quantitative estimate of drug-likeness (QED) is 0.912. The summed E-state index contributed by atoms with van der Waals surface area (Å²) in [5, 5.41) is 2.84. The highest BCUT2D eigenvalue weighted by Gasteiger charge is 2.18. The van der Waals surface area contributed by atoms with E-state index in [1.807, 2.05) is 38.3 Å².